The van der Waals surface area contributed by atoms with Crippen LogP contribution in [-0.2, 0) is 0 Å². The lowest BCUT2D eigenvalue weighted by molar-refractivity contribution is 0.925. The van der Waals surface area contributed by atoms with E-state index in [9.17, 15) is 0 Å². The molecule has 0 spiro atoms. The van der Waals surface area contributed by atoms with E-state index in [0.29, 0.717) is 6.04 Å². The van der Waals surface area contributed by atoms with E-state index in [-0.39, 0.29) is 0 Å². The summed E-state index contributed by atoms with van der Waals surface area (Å²) in [5, 5.41) is 0. The van der Waals surface area contributed by atoms with Crippen molar-refractivity contribution in [1.29, 1.82) is 0 Å². The van der Waals surface area contributed by atoms with E-state index in [1.807, 2.05) is 25.3 Å². The summed E-state index contributed by atoms with van der Waals surface area (Å²) in [7, 11) is 0. The quantitative estimate of drug-likeness (QED) is 0.432. The fourth-order valence-corrected chi connectivity index (χ4v) is 0.654. The molecule has 0 heterocycles. The van der Waals surface area contributed by atoms with Crippen molar-refractivity contribution in [2.45, 2.75) is 33.2 Å². The summed E-state index contributed by atoms with van der Waals surface area (Å²) in [5.41, 5.74) is 0. The normalized spacial score (nSPS) is 15.5. The molecule has 11 heavy (non-hydrogen) atoms. The SMILES string of the molecule is C/C=C/C=NC(C)/C=C\CC. The maximum absolute atomic E-state index is 4.25. The number of hydrogen-bond donors (Lipinski definition) is 0. The van der Waals surface area contributed by atoms with Crippen molar-refractivity contribution in [2.75, 3.05) is 0 Å². The van der Waals surface area contributed by atoms with E-state index in [0.717, 1.165) is 6.42 Å². The molecule has 0 aliphatic rings. The Morgan fingerprint density at radius 3 is 2.73 bits per heavy atom. The largest absolute Gasteiger partial charge is 0.286 e. The summed E-state index contributed by atoms with van der Waals surface area (Å²) < 4.78 is 0. The fraction of sp³-hybridized carbons (Fsp3) is 0.500. The van der Waals surface area contributed by atoms with E-state index in [4.69, 9.17) is 0 Å². The zero-order valence-electron chi connectivity index (χ0n) is 7.62. The van der Waals surface area contributed by atoms with Crippen molar-refractivity contribution < 1.29 is 0 Å². The van der Waals surface area contributed by atoms with Crippen LogP contribution in [0.1, 0.15) is 27.2 Å². The van der Waals surface area contributed by atoms with Crippen molar-refractivity contribution >= 4 is 6.21 Å². The first-order valence-electron chi connectivity index (χ1n) is 4.12. The van der Waals surface area contributed by atoms with Gasteiger partial charge in [0, 0.05) is 6.21 Å². The number of aliphatic imine (C=N–C) groups is 1. The molecule has 1 unspecified atom stereocenters. The lowest BCUT2D eigenvalue weighted by Crippen LogP contribution is -1.90. The molecule has 0 saturated carbocycles. The van der Waals surface area contributed by atoms with Crippen molar-refractivity contribution in [3.63, 3.8) is 0 Å². The second-order valence-electron chi connectivity index (χ2n) is 2.40. The molecule has 1 nitrogen and oxygen atoms in total. The molecule has 62 valence electrons. The van der Waals surface area contributed by atoms with Crippen LogP contribution >= 0.6 is 0 Å². The molecule has 0 aromatic carbocycles. The molecule has 0 aliphatic carbocycles. The zero-order chi connectivity index (χ0) is 8.53. The molecule has 0 saturated heterocycles. The number of nitrogens with zero attached hydrogens (tertiary/aromatic N) is 1. The van der Waals surface area contributed by atoms with E-state index in [1.165, 1.54) is 0 Å². The smallest absolute Gasteiger partial charge is 0.0651 e. The minimum atomic E-state index is 0.311. The molecule has 0 radical (unpaired) electrons. The minimum Gasteiger partial charge on any atom is -0.286 e. The summed E-state index contributed by atoms with van der Waals surface area (Å²) in [6, 6.07) is 0.311. The molecule has 0 aliphatic heterocycles. The minimum absolute atomic E-state index is 0.311. The van der Waals surface area contributed by atoms with Crippen LogP contribution in [0.5, 0.6) is 0 Å². The van der Waals surface area contributed by atoms with Gasteiger partial charge in [0.2, 0.25) is 0 Å². The molecule has 0 aromatic rings. The van der Waals surface area contributed by atoms with Gasteiger partial charge in [0.1, 0.15) is 0 Å². The van der Waals surface area contributed by atoms with Gasteiger partial charge in [-0.05, 0) is 26.3 Å². The Labute approximate surface area is 69.5 Å². The fourth-order valence-electron chi connectivity index (χ4n) is 0.654. The van der Waals surface area contributed by atoms with Gasteiger partial charge in [0.15, 0.2) is 0 Å². The molecule has 0 fully saturated rings. The summed E-state index contributed by atoms with van der Waals surface area (Å²) >= 11 is 0. The van der Waals surface area contributed by atoms with Gasteiger partial charge in [-0.25, -0.2) is 0 Å². The molecule has 0 aromatic heterocycles. The monoisotopic (exact) mass is 151 g/mol. The topological polar surface area (TPSA) is 12.4 Å². The highest BCUT2D eigenvalue weighted by Gasteiger charge is 1.85. The van der Waals surface area contributed by atoms with E-state index < -0.39 is 0 Å². The highest BCUT2D eigenvalue weighted by atomic mass is 14.7. The molecule has 1 atom stereocenters. The Morgan fingerprint density at radius 2 is 2.18 bits per heavy atom. The Bertz CT molecular complexity index is 154. The standard InChI is InChI=1S/C10H17N/c1-4-6-8-10(3)11-9-7-5-2/h5-10H,4H2,1-3H3/b7-5+,8-6-,11-9?. The van der Waals surface area contributed by atoms with Crippen molar-refractivity contribution in [1.82, 2.24) is 0 Å². The molecule has 0 bridgehead atoms. The van der Waals surface area contributed by atoms with Gasteiger partial charge in [-0.1, -0.05) is 25.2 Å². The number of hydrogen-bond acceptors (Lipinski definition) is 1. The highest BCUT2D eigenvalue weighted by Crippen LogP contribution is 1.92. The van der Waals surface area contributed by atoms with E-state index in [2.05, 4.69) is 31.0 Å². The van der Waals surface area contributed by atoms with Crippen LogP contribution in [0.3, 0.4) is 0 Å². The van der Waals surface area contributed by atoms with Crippen LogP contribution in [0.4, 0.5) is 0 Å². The third-order valence-corrected chi connectivity index (χ3v) is 1.25. The highest BCUT2D eigenvalue weighted by molar-refractivity contribution is 5.71. The maximum atomic E-state index is 4.25. The van der Waals surface area contributed by atoms with E-state index >= 15 is 0 Å². The van der Waals surface area contributed by atoms with Crippen LogP contribution in [0.2, 0.25) is 0 Å². The third-order valence-electron chi connectivity index (χ3n) is 1.25. The molecule has 0 rings (SSSR count). The van der Waals surface area contributed by atoms with Gasteiger partial charge in [-0.2, -0.15) is 0 Å². The predicted octanol–water partition coefficient (Wildman–Crippen LogP) is 2.99. The van der Waals surface area contributed by atoms with Crippen LogP contribution in [0.15, 0.2) is 29.3 Å². The van der Waals surface area contributed by atoms with Crippen LogP contribution in [0, 0.1) is 0 Å². The third kappa shape index (κ3) is 7.04. The van der Waals surface area contributed by atoms with Crippen molar-refractivity contribution in [3.8, 4) is 0 Å². The van der Waals surface area contributed by atoms with Gasteiger partial charge in [0.05, 0.1) is 6.04 Å². The van der Waals surface area contributed by atoms with Crippen LogP contribution < -0.4 is 0 Å². The molecule has 0 N–H and O–H groups in total. The Kier molecular flexibility index (Phi) is 6.70. The first kappa shape index (κ1) is 10.2. The summed E-state index contributed by atoms with van der Waals surface area (Å²) in [5.74, 6) is 0. The van der Waals surface area contributed by atoms with E-state index in [1.54, 1.807) is 0 Å². The molecule has 0 amide bonds. The summed E-state index contributed by atoms with van der Waals surface area (Å²) in [4.78, 5) is 4.25. The van der Waals surface area contributed by atoms with Gasteiger partial charge < -0.3 is 0 Å². The zero-order valence-corrected chi connectivity index (χ0v) is 7.62. The van der Waals surface area contributed by atoms with Crippen molar-refractivity contribution in [3.05, 3.63) is 24.3 Å². The first-order chi connectivity index (χ1) is 5.31. The lowest BCUT2D eigenvalue weighted by Gasteiger charge is -1.94. The van der Waals surface area contributed by atoms with Crippen LogP contribution in [-0.4, -0.2) is 12.3 Å². The first-order valence-corrected chi connectivity index (χ1v) is 4.12. The van der Waals surface area contributed by atoms with Crippen molar-refractivity contribution in [2.24, 2.45) is 4.99 Å². The van der Waals surface area contributed by atoms with Gasteiger partial charge >= 0.3 is 0 Å². The second kappa shape index (κ2) is 7.26. The average Bonchev–Trinajstić information content (AvgIpc) is 2.01. The number of allylic oxidation sites excluding steroid dienone is 3. The lowest BCUT2D eigenvalue weighted by atomic mass is 10.3. The average molecular weight is 151 g/mol. The Balaban J connectivity index is 3.67. The second-order valence-corrected chi connectivity index (χ2v) is 2.40. The van der Waals surface area contributed by atoms with Crippen LogP contribution in [0.25, 0.3) is 0 Å². The Hall–Kier alpha value is -0.850. The molecular formula is C10H17N. The van der Waals surface area contributed by atoms with Gasteiger partial charge in [-0.15, -0.1) is 0 Å². The number of rotatable bonds is 4. The Morgan fingerprint density at radius 1 is 1.45 bits per heavy atom. The van der Waals surface area contributed by atoms with Gasteiger partial charge in [0.25, 0.3) is 0 Å². The predicted molar refractivity (Wildman–Crippen MR) is 52.2 cm³/mol. The maximum Gasteiger partial charge on any atom is 0.0651 e. The summed E-state index contributed by atoms with van der Waals surface area (Å²) in [6.45, 7) is 6.18. The summed E-state index contributed by atoms with van der Waals surface area (Å²) in [6.07, 6.45) is 11.1. The van der Waals surface area contributed by atoms with Gasteiger partial charge in [-0.3, -0.25) is 4.99 Å². The molecule has 1 heteroatoms. The molecular weight excluding hydrogens is 134 g/mol.